The smallest absolute Gasteiger partial charge is 0.0813 e. The first-order valence-electron chi connectivity index (χ1n) is 8.27. The number of ether oxygens (including phenoxy) is 1. The fourth-order valence-corrected chi connectivity index (χ4v) is 4.07. The summed E-state index contributed by atoms with van der Waals surface area (Å²) < 4.78 is 6.21. The molecular formula is C17H27NOS. The summed E-state index contributed by atoms with van der Waals surface area (Å²) >= 11 is 1.91. The highest BCUT2D eigenvalue weighted by Gasteiger charge is 2.24. The quantitative estimate of drug-likeness (QED) is 0.800. The summed E-state index contributed by atoms with van der Waals surface area (Å²) in [5, 5.41) is 3.58. The van der Waals surface area contributed by atoms with E-state index in [0.29, 0.717) is 6.10 Å². The number of nitrogens with one attached hydrogen (secondary N) is 1. The molecule has 20 heavy (non-hydrogen) atoms. The van der Waals surface area contributed by atoms with Crippen molar-refractivity contribution in [1.29, 1.82) is 0 Å². The van der Waals surface area contributed by atoms with Gasteiger partial charge < -0.3 is 10.1 Å². The van der Waals surface area contributed by atoms with Crippen LogP contribution < -0.4 is 5.32 Å². The van der Waals surface area contributed by atoms with Crippen molar-refractivity contribution in [2.75, 3.05) is 0 Å². The van der Waals surface area contributed by atoms with Gasteiger partial charge in [0.05, 0.1) is 12.7 Å². The number of hydrogen-bond donors (Lipinski definition) is 1. The van der Waals surface area contributed by atoms with Gasteiger partial charge in [0.25, 0.3) is 0 Å². The van der Waals surface area contributed by atoms with Gasteiger partial charge in [-0.05, 0) is 43.7 Å². The molecule has 2 fully saturated rings. The Hall–Kier alpha value is -0.380. The Morgan fingerprint density at radius 3 is 2.75 bits per heavy atom. The third-order valence-corrected chi connectivity index (χ3v) is 5.72. The summed E-state index contributed by atoms with van der Waals surface area (Å²) in [5.74, 6) is 0.791. The van der Waals surface area contributed by atoms with E-state index < -0.39 is 0 Å². The Kier molecular flexibility index (Phi) is 5.14. The second-order valence-corrected chi connectivity index (χ2v) is 7.58. The maximum absolute atomic E-state index is 6.21. The van der Waals surface area contributed by atoms with Crippen LogP contribution in [0.2, 0.25) is 0 Å². The lowest BCUT2D eigenvalue weighted by Gasteiger charge is -2.30. The van der Waals surface area contributed by atoms with E-state index in [1.165, 1.54) is 54.7 Å². The van der Waals surface area contributed by atoms with Crippen LogP contribution in [0, 0.1) is 5.92 Å². The molecule has 2 aliphatic carbocycles. The molecule has 2 unspecified atom stereocenters. The summed E-state index contributed by atoms with van der Waals surface area (Å²) in [6.07, 6.45) is 9.87. The standard InChI is InChI=1S/C17H27NOS/c1-2-13-5-3-4-6-17(13)19-12-16-10-9-15(20-16)11-18-14-7-8-14/h9-10,13-14,17-18H,2-8,11-12H2,1H3. The lowest BCUT2D eigenvalue weighted by Crippen LogP contribution is -2.26. The maximum Gasteiger partial charge on any atom is 0.0813 e. The van der Waals surface area contributed by atoms with E-state index >= 15 is 0 Å². The largest absolute Gasteiger partial charge is 0.372 e. The molecule has 0 radical (unpaired) electrons. The normalized spacial score (nSPS) is 26.9. The van der Waals surface area contributed by atoms with E-state index in [9.17, 15) is 0 Å². The van der Waals surface area contributed by atoms with E-state index in [1.54, 1.807) is 0 Å². The van der Waals surface area contributed by atoms with Gasteiger partial charge in [-0.25, -0.2) is 0 Å². The molecule has 0 amide bonds. The molecule has 1 heterocycles. The van der Waals surface area contributed by atoms with Crippen molar-refractivity contribution in [3.8, 4) is 0 Å². The maximum atomic E-state index is 6.21. The molecule has 0 bridgehead atoms. The molecule has 112 valence electrons. The minimum atomic E-state index is 0.504. The minimum Gasteiger partial charge on any atom is -0.372 e. The van der Waals surface area contributed by atoms with Crippen molar-refractivity contribution in [1.82, 2.24) is 5.32 Å². The molecule has 2 saturated carbocycles. The minimum absolute atomic E-state index is 0.504. The van der Waals surface area contributed by atoms with E-state index in [2.05, 4.69) is 24.4 Å². The third kappa shape index (κ3) is 4.06. The van der Waals surface area contributed by atoms with Crippen LogP contribution >= 0.6 is 11.3 Å². The molecule has 0 aromatic carbocycles. The monoisotopic (exact) mass is 293 g/mol. The number of hydrogen-bond acceptors (Lipinski definition) is 3. The van der Waals surface area contributed by atoms with Crippen molar-refractivity contribution in [3.63, 3.8) is 0 Å². The van der Waals surface area contributed by atoms with E-state index in [4.69, 9.17) is 4.74 Å². The van der Waals surface area contributed by atoms with Crippen LogP contribution in [0.4, 0.5) is 0 Å². The molecule has 2 aliphatic rings. The lowest BCUT2D eigenvalue weighted by atomic mass is 9.85. The molecule has 1 aromatic heterocycles. The predicted molar refractivity (Wildman–Crippen MR) is 85.0 cm³/mol. The zero-order valence-corrected chi connectivity index (χ0v) is 13.4. The zero-order valence-electron chi connectivity index (χ0n) is 12.6. The molecule has 0 saturated heterocycles. The molecular weight excluding hydrogens is 266 g/mol. The average molecular weight is 293 g/mol. The summed E-state index contributed by atoms with van der Waals surface area (Å²) in [6, 6.07) is 5.30. The fraction of sp³-hybridized carbons (Fsp3) is 0.765. The summed E-state index contributed by atoms with van der Waals surface area (Å²) in [4.78, 5) is 2.84. The molecule has 3 heteroatoms. The molecule has 2 atom stereocenters. The van der Waals surface area contributed by atoms with Gasteiger partial charge in [0.15, 0.2) is 0 Å². The van der Waals surface area contributed by atoms with Crippen molar-refractivity contribution in [2.45, 2.75) is 77.2 Å². The fourth-order valence-electron chi connectivity index (χ4n) is 3.18. The van der Waals surface area contributed by atoms with Gasteiger partial charge in [-0.2, -0.15) is 0 Å². The Balaban J connectivity index is 1.44. The summed E-state index contributed by atoms with van der Waals surface area (Å²) in [5.41, 5.74) is 0. The van der Waals surface area contributed by atoms with Crippen molar-refractivity contribution in [2.24, 2.45) is 5.92 Å². The van der Waals surface area contributed by atoms with Gasteiger partial charge in [0.2, 0.25) is 0 Å². The van der Waals surface area contributed by atoms with E-state index in [-0.39, 0.29) is 0 Å². The highest BCUT2D eigenvalue weighted by atomic mass is 32.1. The van der Waals surface area contributed by atoms with Gasteiger partial charge in [-0.15, -0.1) is 11.3 Å². The van der Waals surface area contributed by atoms with Crippen LogP contribution in [0.15, 0.2) is 12.1 Å². The highest BCUT2D eigenvalue weighted by Crippen LogP contribution is 2.30. The first kappa shape index (κ1) is 14.6. The average Bonchev–Trinajstić information content (AvgIpc) is 3.21. The van der Waals surface area contributed by atoms with Crippen LogP contribution in [0.25, 0.3) is 0 Å². The van der Waals surface area contributed by atoms with E-state index in [0.717, 1.165) is 25.1 Å². The Bertz CT molecular complexity index is 413. The Morgan fingerprint density at radius 2 is 1.95 bits per heavy atom. The van der Waals surface area contributed by atoms with Gasteiger partial charge in [-0.3, -0.25) is 0 Å². The summed E-state index contributed by atoms with van der Waals surface area (Å²) in [6.45, 7) is 4.16. The van der Waals surface area contributed by atoms with E-state index in [1.807, 2.05) is 11.3 Å². The van der Waals surface area contributed by atoms with Gasteiger partial charge in [-0.1, -0.05) is 26.2 Å². The topological polar surface area (TPSA) is 21.3 Å². The lowest BCUT2D eigenvalue weighted by molar-refractivity contribution is -0.0211. The van der Waals surface area contributed by atoms with Crippen molar-refractivity contribution in [3.05, 3.63) is 21.9 Å². The van der Waals surface area contributed by atoms with Gasteiger partial charge in [0.1, 0.15) is 0 Å². The van der Waals surface area contributed by atoms with Crippen molar-refractivity contribution < 1.29 is 4.74 Å². The van der Waals surface area contributed by atoms with Crippen LogP contribution in [-0.4, -0.2) is 12.1 Å². The van der Waals surface area contributed by atoms with Crippen LogP contribution in [0.5, 0.6) is 0 Å². The predicted octanol–water partition coefficient (Wildman–Crippen LogP) is 4.49. The second kappa shape index (κ2) is 7.06. The third-order valence-electron chi connectivity index (χ3n) is 4.66. The Labute approximate surface area is 126 Å². The number of rotatable bonds is 7. The highest BCUT2D eigenvalue weighted by molar-refractivity contribution is 7.11. The van der Waals surface area contributed by atoms with Crippen molar-refractivity contribution >= 4 is 11.3 Å². The first-order valence-corrected chi connectivity index (χ1v) is 9.09. The van der Waals surface area contributed by atoms with Crippen LogP contribution in [0.1, 0.15) is 61.6 Å². The molecule has 2 nitrogen and oxygen atoms in total. The van der Waals surface area contributed by atoms with Gasteiger partial charge >= 0.3 is 0 Å². The molecule has 0 aliphatic heterocycles. The first-order chi connectivity index (χ1) is 9.85. The zero-order chi connectivity index (χ0) is 13.8. The molecule has 1 N–H and O–H groups in total. The Morgan fingerprint density at radius 1 is 1.15 bits per heavy atom. The summed E-state index contributed by atoms with van der Waals surface area (Å²) in [7, 11) is 0. The molecule has 1 aromatic rings. The van der Waals surface area contributed by atoms with Crippen LogP contribution in [0.3, 0.4) is 0 Å². The number of thiophene rings is 1. The molecule has 0 spiro atoms. The van der Waals surface area contributed by atoms with Gasteiger partial charge in [0, 0.05) is 22.3 Å². The molecule has 3 rings (SSSR count). The van der Waals surface area contributed by atoms with Crippen LogP contribution in [-0.2, 0) is 17.9 Å². The second-order valence-electron chi connectivity index (χ2n) is 6.33. The SMILES string of the molecule is CCC1CCCCC1OCc1ccc(CNC2CC2)s1.